The molecule has 0 spiro atoms. The third-order valence-electron chi connectivity index (χ3n) is 4.09. The van der Waals surface area contributed by atoms with Gasteiger partial charge in [-0.15, -0.1) is 11.3 Å². The molecule has 0 fully saturated rings. The number of hydrogen-bond donors (Lipinski definition) is 1. The zero-order valence-corrected chi connectivity index (χ0v) is 12.4. The summed E-state index contributed by atoms with van der Waals surface area (Å²) in [4.78, 5) is 8.58. The van der Waals surface area contributed by atoms with Crippen LogP contribution in [0.5, 0.6) is 0 Å². The Bertz CT molecular complexity index is 796. The topological polar surface area (TPSA) is 36.4 Å². The monoisotopic (exact) mass is 296 g/mol. The molecule has 0 aliphatic carbocycles. The lowest BCUT2D eigenvalue weighted by atomic mass is 10.1. The smallest absolute Gasteiger partial charge is 0.129 e. The molecule has 0 saturated heterocycles. The quantitative estimate of drug-likeness (QED) is 0.788. The van der Waals surface area contributed by atoms with E-state index in [-0.39, 0.29) is 6.61 Å². The van der Waals surface area contributed by atoms with Gasteiger partial charge in [0.25, 0.3) is 0 Å². The molecule has 3 heterocycles. The van der Waals surface area contributed by atoms with Crippen molar-refractivity contribution in [3.8, 4) is 0 Å². The number of benzene rings is 1. The van der Waals surface area contributed by atoms with Gasteiger partial charge >= 0.3 is 0 Å². The fraction of sp³-hybridized carbons (Fsp3) is 0.235. The Labute approximate surface area is 127 Å². The van der Waals surface area contributed by atoms with E-state index in [0.29, 0.717) is 0 Å². The van der Waals surface area contributed by atoms with Crippen LogP contribution in [-0.4, -0.2) is 16.6 Å². The van der Waals surface area contributed by atoms with Crippen molar-refractivity contribution in [3.05, 3.63) is 57.8 Å². The minimum absolute atomic E-state index is 0.0492. The number of para-hydroxylation sites is 1. The Balaban J connectivity index is 1.77. The molecule has 0 bridgehead atoms. The molecule has 1 N–H and O–H groups in total. The van der Waals surface area contributed by atoms with Crippen molar-refractivity contribution in [1.82, 2.24) is 4.98 Å². The van der Waals surface area contributed by atoms with E-state index in [4.69, 9.17) is 4.98 Å². The maximum absolute atomic E-state index is 9.64. The summed E-state index contributed by atoms with van der Waals surface area (Å²) in [6, 6.07) is 12.2. The molecule has 1 aromatic carbocycles. The van der Waals surface area contributed by atoms with Crippen LogP contribution in [0.3, 0.4) is 0 Å². The Hall–Kier alpha value is -1.91. The van der Waals surface area contributed by atoms with Gasteiger partial charge in [0.05, 0.1) is 12.1 Å². The van der Waals surface area contributed by atoms with Crippen molar-refractivity contribution >= 4 is 28.1 Å². The number of aromatic nitrogens is 1. The molecule has 3 aromatic rings. The predicted molar refractivity (Wildman–Crippen MR) is 86.7 cm³/mol. The van der Waals surface area contributed by atoms with Gasteiger partial charge in [-0.05, 0) is 41.1 Å². The van der Waals surface area contributed by atoms with E-state index in [1.54, 1.807) is 0 Å². The van der Waals surface area contributed by atoms with E-state index in [0.717, 1.165) is 41.8 Å². The number of fused-ring (bicyclic) bond motifs is 2. The molecular weight excluding hydrogens is 280 g/mol. The second-order valence-corrected chi connectivity index (χ2v) is 6.36. The Morgan fingerprint density at radius 3 is 3.05 bits per heavy atom. The lowest BCUT2D eigenvalue weighted by Crippen LogP contribution is -2.30. The standard InChI is InChI=1S/C17H16N2OS/c20-11-13-9-17(18-15-4-2-1-3-14(13)15)19-7-5-16-12(10-19)6-8-21-16/h1-4,6,8-9,20H,5,7,10-11H2. The Morgan fingerprint density at radius 2 is 2.14 bits per heavy atom. The summed E-state index contributed by atoms with van der Waals surface area (Å²) in [6.45, 7) is 1.95. The molecule has 1 aliphatic rings. The molecule has 1 aliphatic heterocycles. The second-order valence-electron chi connectivity index (χ2n) is 5.36. The van der Waals surface area contributed by atoms with Gasteiger partial charge < -0.3 is 10.0 Å². The molecule has 0 saturated carbocycles. The largest absolute Gasteiger partial charge is 0.392 e. The molecule has 0 amide bonds. The molecular formula is C17H16N2OS. The molecule has 3 nitrogen and oxygen atoms in total. The van der Waals surface area contributed by atoms with E-state index in [9.17, 15) is 5.11 Å². The highest BCUT2D eigenvalue weighted by molar-refractivity contribution is 7.10. The molecule has 4 rings (SSSR count). The molecule has 2 aromatic heterocycles. The second kappa shape index (κ2) is 5.13. The molecule has 21 heavy (non-hydrogen) atoms. The number of anilines is 1. The van der Waals surface area contributed by atoms with Crippen LogP contribution in [0.15, 0.2) is 41.8 Å². The van der Waals surface area contributed by atoms with Gasteiger partial charge in [0.15, 0.2) is 0 Å². The van der Waals surface area contributed by atoms with Gasteiger partial charge in [-0.25, -0.2) is 4.98 Å². The predicted octanol–water partition coefficient (Wildman–Crippen LogP) is 3.35. The summed E-state index contributed by atoms with van der Waals surface area (Å²) >= 11 is 1.85. The summed E-state index contributed by atoms with van der Waals surface area (Å²) < 4.78 is 0. The van der Waals surface area contributed by atoms with Gasteiger partial charge in [0.1, 0.15) is 5.82 Å². The third kappa shape index (κ3) is 2.20. The molecule has 0 atom stereocenters. The van der Waals surface area contributed by atoms with Crippen LogP contribution in [0.25, 0.3) is 10.9 Å². The number of aliphatic hydroxyl groups excluding tert-OH is 1. The SMILES string of the molecule is OCc1cc(N2CCc3sccc3C2)nc2ccccc12. The molecule has 4 heteroatoms. The summed E-state index contributed by atoms with van der Waals surface area (Å²) in [7, 11) is 0. The van der Waals surface area contributed by atoms with Crippen LogP contribution in [0.2, 0.25) is 0 Å². The van der Waals surface area contributed by atoms with E-state index in [2.05, 4.69) is 16.3 Å². The van der Waals surface area contributed by atoms with Crippen molar-refractivity contribution in [3.63, 3.8) is 0 Å². The number of rotatable bonds is 2. The molecule has 0 unspecified atom stereocenters. The highest BCUT2D eigenvalue weighted by Crippen LogP contribution is 2.29. The number of thiophene rings is 1. The van der Waals surface area contributed by atoms with Crippen molar-refractivity contribution in [2.75, 3.05) is 11.4 Å². The summed E-state index contributed by atoms with van der Waals surface area (Å²) in [5.41, 5.74) is 3.31. The van der Waals surface area contributed by atoms with Crippen LogP contribution in [0, 0.1) is 0 Å². The maximum atomic E-state index is 9.64. The van der Waals surface area contributed by atoms with E-state index < -0.39 is 0 Å². The first-order valence-electron chi connectivity index (χ1n) is 7.15. The summed E-state index contributed by atoms with van der Waals surface area (Å²) in [5, 5.41) is 12.8. The number of hydrogen-bond acceptors (Lipinski definition) is 4. The number of aliphatic hydroxyl groups is 1. The minimum atomic E-state index is 0.0492. The third-order valence-corrected chi connectivity index (χ3v) is 5.11. The van der Waals surface area contributed by atoms with Crippen molar-refractivity contribution in [2.24, 2.45) is 0 Å². The first kappa shape index (κ1) is 12.8. The van der Waals surface area contributed by atoms with E-state index >= 15 is 0 Å². The van der Waals surface area contributed by atoms with Gasteiger partial charge in [0, 0.05) is 23.4 Å². The first-order chi connectivity index (χ1) is 10.3. The van der Waals surface area contributed by atoms with Gasteiger partial charge in [0.2, 0.25) is 0 Å². The Kier molecular flexibility index (Phi) is 3.13. The molecule has 0 radical (unpaired) electrons. The normalized spacial score (nSPS) is 14.4. The van der Waals surface area contributed by atoms with E-state index in [1.165, 1.54) is 10.4 Å². The van der Waals surface area contributed by atoms with Crippen LogP contribution in [0.1, 0.15) is 16.0 Å². The van der Waals surface area contributed by atoms with Crippen molar-refractivity contribution < 1.29 is 5.11 Å². The van der Waals surface area contributed by atoms with Crippen molar-refractivity contribution in [2.45, 2.75) is 19.6 Å². The lowest BCUT2D eigenvalue weighted by molar-refractivity contribution is 0.283. The number of nitrogens with zero attached hydrogens (tertiary/aromatic N) is 2. The fourth-order valence-electron chi connectivity index (χ4n) is 2.97. The van der Waals surface area contributed by atoms with Gasteiger partial charge in [-0.2, -0.15) is 0 Å². The maximum Gasteiger partial charge on any atom is 0.129 e. The van der Waals surface area contributed by atoms with Gasteiger partial charge in [-0.3, -0.25) is 0 Å². The number of pyridine rings is 1. The average Bonchev–Trinajstić information content (AvgIpc) is 3.01. The highest BCUT2D eigenvalue weighted by atomic mass is 32.1. The highest BCUT2D eigenvalue weighted by Gasteiger charge is 2.19. The Morgan fingerprint density at radius 1 is 1.24 bits per heavy atom. The van der Waals surface area contributed by atoms with Crippen molar-refractivity contribution in [1.29, 1.82) is 0 Å². The van der Waals surface area contributed by atoms with E-state index in [1.807, 2.05) is 41.7 Å². The zero-order valence-electron chi connectivity index (χ0n) is 11.6. The summed E-state index contributed by atoms with van der Waals surface area (Å²) in [6.07, 6.45) is 1.08. The molecule has 106 valence electrons. The van der Waals surface area contributed by atoms with Crippen LogP contribution < -0.4 is 4.90 Å². The van der Waals surface area contributed by atoms with Crippen LogP contribution in [-0.2, 0) is 19.6 Å². The zero-order chi connectivity index (χ0) is 14.2. The average molecular weight is 296 g/mol. The summed E-state index contributed by atoms with van der Waals surface area (Å²) in [5.74, 6) is 0.967. The first-order valence-corrected chi connectivity index (χ1v) is 8.03. The minimum Gasteiger partial charge on any atom is -0.392 e. The van der Waals surface area contributed by atoms with Crippen LogP contribution in [0.4, 0.5) is 5.82 Å². The lowest BCUT2D eigenvalue weighted by Gasteiger charge is -2.28. The van der Waals surface area contributed by atoms with Crippen LogP contribution >= 0.6 is 11.3 Å². The fourth-order valence-corrected chi connectivity index (χ4v) is 3.86. The van der Waals surface area contributed by atoms with Gasteiger partial charge in [-0.1, -0.05) is 18.2 Å².